The molecule has 1 rings (SSSR count). The Morgan fingerprint density at radius 2 is 2.05 bits per heavy atom. The first-order chi connectivity index (χ1) is 9.23. The SMILES string of the molecule is CNc1c(C(=O)N(C)C(C)CO)cccc1C(F)(F)F. The fourth-order valence-corrected chi connectivity index (χ4v) is 1.75. The lowest BCUT2D eigenvalue weighted by atomic mass is 10.0. The summed E-state index contributed by atoms with van der Waals surface area (Å²) in [7, 11) is 2.76. The lowest BCUT2D eigenvalue weighted by Gasteiger charge is -2.25. The van der Waals surface area contributed by atoms with E-state index in [1.807, 2.05) is 0 Å². The second-order valence-electron chi connectivity index (χ2n) is 4.42. The molecule has 1 atom stereocenters. The van der Waals surface area contributed by atoms with Gasteiger partial charge in [0.1, 0.15) is 0 Å². The van der Waals surface area contributed by atoms with Gasteiger partial charge in [-0.05, 0) is 19.1 Å². The van der Waals surface area contributed by atoms with Crippen LogP contribution in [-0.4, -0.2) is 42.7 Å². The maximum absolute atomic E-state index is 12.9. The molecule has 0 saturated carbocycles. The number of likely N-dealkylation sites (N-methyl/N-ethyl adjacent to an activating group) is 1. The predicted octanol–water partition coefficient (Wildman–Crippen LogP) is 2.20. The Morgan fingerprint density at radius 1 is 1.45 bits per heavy atom. The van der Waals surface area contributed by atoms with E-state index in [9.17, 15) is 18.0 Å². The molecule has 0 aromatic heterocycles. The fourth-order valence-electron chi connectivity index (χ4n) is 1.75. The molecule has 0 heterocycles. The first-order valence-electron chi connectivity index (χ1n) is 6.00. The number of hydrogen-bond donors (Lipinski definition) is 2. The molecule has 0 bridgehead atoms. The molecular weight excluding hydrogens is 273 g/mol. The minimum Gasteiger partial charge on any atom is -0.394 e. The average Bonchev–Trinajstić information content (AvgIpc) is 2.42. The molecule has 0 aliphatic carbocycles. The number of carbonyl (C=O) groups excluding carboxylic acids is 1. The summed E-state index contributed by atoms with van der Waals surface area (Å²) in [4.78, 5) is 13.4. The van der Waals surface area contributed by atoms with E-state index in [1.165, 1.54) is 31.1 Å². The summed E-state index contributed by atoms with van der Waals surface area (Å²) in [5.74, 6) is -0.581. The summed E-state index contributed by atoms with van der Waals surface area (Å²) < 4.78 is 38.7. The largest absolute Gasteiger partial charge is 0.418 e. The van der Waals surface area contributed by atoms with E-state index in [0.717, 1.165) is 6.07 Å². The number of para-hydroxylation sites is 1. The van der Waals surface area contributed by atoms with Gasteiger partial charge in [-0.1, -0.05) is 6.07 Å². The van der Waals surface area contributed by atoms with E-state index in [0.29, 0.717) is 0 Å². The third-order valence-electron chi connectivity index (χ3n) is 3.10. The maximum Gasteiger partial charge on any atom is 0.418 e. The van der Waals surface area contributed by atoms with Crippen LogP contribution in [-0.2, 0) is 6.18 Å². The van der Waals surface area contributed by atoms with E-state index in [4.69, 9.17) is 5.11 Å². The highest BCUT2D eigenvalue weighted by Gasteiger charge is 2.35. The van der Waals surface area contributed by atoms with Crippen LogP contribution in [0.3, 0.4) is 0 Å². The zero-order valence-corrected chi connectivity index (χ0v) is 11.5. The lowest BCUT2D eigenvalue weighted by Crippen LogP contribution is -2.37. The Hall–Kier alpha value is -1.76. The molecule has 0 saturated heterocycles. The van der Waals surface area contributed by atoms with Crippen molar-refractivity contribution in [3.63, 3.8) is 0 Å². The number of aliphatic hydroxyl groups is 1. The molecule has 20 heavy (non-hydrogen) atoms. The lowest BCUT2D eigenvalue weighted by molar-refractivity contribution is -0.136. The molecule has 1 unspecified atom stereocenters. The maximum atomic E-state index is 12.9. The molecule has 112 valence electrons. The van der Waals surface area contributed by atoms with Crippen molar-refractivity contribution in [2.75, 3.05) is 26.0 Å². The van der Waals surface area contributed by atoms with Gasteiger partial charge >= 0.3 is 6.18 Å². The number of rotatable bonds is 4. The van der Waals surface area contributed by atoms with Gasteiger partial charge in [0.25, 0.3) is 5.91 Å². The van der Waals surface area contributed by atoms with E-state index in [1.54, 1.807) is 6.92 Å². The molecular formula is C13H17F3N2O2. The molecule has 2 N–H and O–H groups in total. The topological polar surface area (TPSA) is 52.6 Å². The molecule has 0 aliphatic rings. The number of amides is 1. The van der Waals surface area contributed by atoms with Gasteiger partial charge in [-0.25, -0.2) is 0 Å². The van der Waals surface area contributed by atoms with Gasteiger partial charge in [0.2, 0.25) is 0 Å². The first kappa shape index (κ1) is 16.3. The first-order valence-corrected chi connectivity index (χ1v) is 6.00. The Bertz CT molecular complexity index is 489. The van der Waals surface area contributed by atoms with Crippen molar-refractivity contribution < 1.29 is 23.1 Å². The molecule has 0 aliphatic heterocycles. The van der Waals surface area contributed by atoms with E-state index in [-0.39, 0.29) is 17.9 Å². The number of nitrogens with one attached hydrogen (secondary N) is 1. The zero-order chi connectivity index (χ0) is 15.5. The van der Waals surface area contributed by atoms with Crippen molar-refractivity contribution >= 4 is 11.6 Å². The van der Waals surface area contributed by atoms with Crippen molar-refractivity contribution in [2.24, 2.45) is 0 Å². The summed E-state index contributed by atoms with van der Waals surface area (Å²) >= 11 is 0. The highest BCUT2D eigenvalue weighted by Crippen LogP contribution is 2.36. The van der Waals surface area contributed by atoms with Crippen molar-refractivity contribution in [1.29, 1.82) is 0 Å². The van der Waals surface area contributed by atoms with Gasteiger partial charge in [0.15, 0.2) is 0 Å². The van der Waals surface area contributed by atoms with Crippen molar-refractivity contribution in [2.45, 2.75) is 19.1 Å². The van der Waals surface area contributed by atoms with Crippen LogP contribution in [0.15, 0.2) is 18.2 Å². The average molecular weight is 290 g/mol. The molecule has 7 heteroatoms. The molecule has 4 nitrogen and oxygen atoms in total. The van der Waals surface area contributed by atoms with Crippen LogP contribution in [0.4, 0.5) is 18.9 Å². The van der Waals surface area contributed by atoms with Gasteiger partial charge in [0, 0.05) is 14.1 Å². The minimum absolute atomic E-state index is 0.0786. The molecule has 0 fully saturated rings. The number of alkyl halides is 3. The number of benzene rings is 1. The summed E-state index contributed by atoms with van der Waals surface area (Å²) in [6.45, 7) is 1.33. The standard InChI is InChI=1S/C13H17F3N2O2/c1-8(7-19)18(3)12(20)9-5-4-6-10(11(9)17-2)13(14,15)16/h4-6,8,17,19H,7H2,1-3H3. The van der Waals surface area contributed by atoms with Gasteiger partial charge in [-0.3, -0.25) is 4.79 Å². The van der Waals surface area contributed by atoms with Gasteiger partial charge in [-0.15, -0.1) is 0 Å². The Kier molecular flexibility index (Phi) is 4.99. The van der Waals surface area contributed by atoms with Crippen LogP contribution in [0.2, 0.25) is 0 Å². The van der Waals surface area contributed by atoms with Crippen molar-refractivity contribution in [3.05, 3.63) is 29.3 Å². The van der Waals surface area contributed by atoms with Gasteiger partial charge < -0.3 is 15.3 Å². The summed E-state index contributed by atoms with van der Waals surface area (Å²) in [5.41, 5.74) is -1.23. The summed E-state index contributed by atoms with van der Waals surface area (Å²) in [6, 6.07) is 2.94. The van der Waals surface area contributed by atoms with E-state index < -0.39 is 23.7 Å². The summed E-state index contributed by atoms with van der Waals surface area (Å²) in [6.07, 6.45) is -4.55. The van der Waals surface area contributed by atoms with Crippen LogP contribution >= 0.6 is 0 Å². The van der Waals surface area contributed by atoms with Crippen LogP contribution in [0.1, 0.15) is 22.8 Å². The molecule has 1 amide bonds. The Morgan fingerprint density at radius 3 is 2.50 bits per heavy atom. The minimum atomic E-state index is -4.55. The third kappa shape index (κ3) is 3.22. The summed E-state index contributed by atoms with van der Waals surface area (Å²) in [5, 5.41) is 11.5. The van der Waals surface area contributed by atoms with Crippen LogP contribution in [0.25, 0.3) is 0 Å². The highest BCUT2D eigenvalue weighted by molar-refractivity contribution is 6.00. The molecule has 1 aromatic carbocycles. The molecule has 0 spiro atoms. The zero-order valence-electron chi connectivity index (χ0n) is 11.5. The van der Waals surface area contributed by atoms with Crippen molar-refractivity contribution in [1.82, 2.24) is 4.90 Å². The van der Waals surface area contributed by atoms with Gasteiger partial charge in [0.05, 0.1) is 29.5 Å². The van der Waals surface area contributed by atoms with Crippen LogP contribution in [0.5, 0.6) is 0 Å². The second-order valence-corrected chi connectivity index (χ2v) is 4.42. The van der Waals surface area contributed by atoms with E-state index >= 15 is 0 Å². The number of aliphatic hydroxyl groups excluding tert-OH is 1. The number of anilines is 1. The van der Waals surface area contributed by atoms with Crippen LogP contribution < -0.4 is 5.32 Å². The fraction of sp³-hybridized carbons (Fsp3) is 0.462. The molecule has 0 radical (unpaired) electrons. The quantitative estimate of drug-likeness (QED) is 0.894. The predicted molar refractivity (Wildman–Crippen MR) is 69.6 cm³/mol. The van der Waals surface area contributed by atoms with Gasteiger partial charge in [-0.2, -0.15) is 13.2 Å². The van der Waals surface area contributed by atoms with Crippen molar-refractivity contribution in [3.8, 4) is 0 Å². The Balaban J connectivity index is 3.29. The van der Waals surface area contributed by atoms with Crippen LogP contribution in [0, 0.1) is 0 Å². The second kappa shape index (κ2) is 6.13. The Labute approximate surface area is 115 Å². The molecule has 1 aromatic rings. The van der Waals surface area contributed by atoms with E-state index in [2.05, 4.69) is 5.32 Å². The number of halogens is 3. The number of nitrogens with zero attached hydrogens (tertiary/aromatic N) is 1. The highest BCUT2D eigenvalue weighted by atomic mass is 19.4. The smallest absolute Gasteiger partial charge is 0.394 e. The third-order valence-corrected chi connectivity index (χ3v) is 3.10. The number of hydrogen-bond acceptors (Lipinski definition) is 3. The monoisotopic (exact) mass is 290 g/mol. The number of carbonyl (C=O) groups is 1. The normalized spacial score (nSPS) is 12.9.